The van der Waals surface area contributed by atoms with Crippen molar-refractivity contribution in [1.82, 2.24) is 0 Å². The quantitative estimate of drug-likeness (QED) is 0.608. The highest BCUT2D eigenvalue weighted by Crippen LogP contribution is 2.38. The molecule has 0 unspecified atom stereocenters. The molecule has 0 aromatic heterocycles. The van der Waals surface area contributed by atoms with E-state index in [0.717, 1.165) is 30.3 Å². The molecule has 0 spiro atoms. The van der Waals surface area contributed by atoms with Crippen LogP contribution in [0.25, 0.3) is 11.6 Å². The zero-order valence-corrected chi connectivity index (χ0v) is 11.3. The Morgan fingerprint density at radius 3 is 2.39 bits per heavy atom. The second-order valence-corrected chi connectivity index (χ2v) is 4.88. The molecule has 1 amide bonds. The van der Waals surface area contributed by atoms with Gasteiger partial charge >= 0.3 is 6.18 Å². The largest absolute Gasteiger partial charge is 0.416 e. The maximum absolute atomic E-state index is 13.9. The lowest BCUT2D eigenvalue weighted by Gasteiger charge is -2.10. The Morgan fingerprint density at radius 1 is 1.00 bits per heavy atom. The lowest BCUT2D eigenvalue weighted by atomic mass is 10.00. The molecule has 118 valence electrons. The van der Waals surface area contributed by atoms with Crippen molar-refractivity contribution in [3.8, 4) is 0 Å². The summed E-state index contributed by atoms with van der Waals surface area (Å²) in [6, 6.07) is 6.55. The van der Waals surface area contributed by atoms with Gasteiger partial charge in [-0.15, -0.1) is 0 Å². The summed E-state index contributed by atoms with van der Waals surface area (Å²) in [5, 5.41) is 2.30. The van der Waals surface area contributed by atoms with Crippen LogP contribution in [0, 0.1) is 11.6 Å². The third-order valence-corrected chi connectivity index (χ3v) is 3.42. The average Bonchev–Trinajstić information content (AvgIpc) is 2.79. The molecule has 7 heteroatoms. The van der Waals surface area contributed by atoms with E-state index in [1.807, 2.05) is 0 Å². The van der Waals surface area contributed by atoms with E-state index >= 15 is 0 Å². The second-order valence-electron chi connectivity index (χ2n) is 4.88. The van der Waals surface area contributed by atoms with Crippen LogP contribution in [0.4, 0.5) is 27.6 Å². The van der Waals surface area contributed by atoms with Gasteiger partial charge in [0.2, 0.25) is 0 Å². The molecule has 23 heavy (non-hydrogen) atoms. The molecule has 2 aromatic carbocycles. The van der Waals surface area contributed by atoms with E-state index in [0.29, 0.717) is 0 Å². The van der Waals surface area contributed by atoms with Gasteiger partial charge in [-0.25, -0.2) is 8.78 Å². The van der Waals surface area contributed by atoms with Gasteiger partial charge in [0.1, 0.15) is 0 Å². The van der Waals surface area contributed by atoms with Crippen LogP contribution in [-0.4, -0.2) is 5.91 Å². The van der Waals surface area contributed by atoms with E-state index < -0.39 is 29.3 Å². The summed E-state index contributed by atoms with van der Waals surface area (Å²) < 4.78 is 66.3. The Hall–Kier alpha value is -2.70. The molecule has 1 heterocycles. The van der Waals surface area contributed by atoms with Gasteiger partial charge in [0, 0.05) is 5.56 Å². The number of alkyl halides is 3. The van der Waals surface area contributed by atoms with Gasteiger partial charge in [-0.3, -0.25) is 4.79 Å². The van der Waals surface area contributed by atoms with E-state index in [1.54, 1.807) is 0 Å². The lowest BCUT2D eigenvalue weighted by molar-refractivity contribution is -0.137. The van der Waals surface area contributed by atoms with E-state index in [9.17, 15) is 26.7 Å². The minimum absolute atomic E-state index is 0.0182. The minimum Gasteiger partial charge on any atom is -0.321 e. The third-order valence-electron chi connectivity index (χ3n) is 3.42. The number of rotatable bonds is 1. The summed E-state index contributed by atoms with van der Waals surface area (Å²) in [7, 11) is 0. The molecule has 2 nitrogen and oxygen atoms in total. The smallest absolute Gasteiger partial charge is 0.321 e. The second kappa shape index (κ2) is 5.19. The molecule has 1 aliphatic heterocycles. The van der Waals surface area contributed by atoms with Gasteiger partial charge in [-0.1, -0.05) is 18.2 Å². The molecule has 0 saturated heterocycles. The van der Waals surface area contributed by atoms with Crippen molar-refractivity contribution < 1.29 is 26.7 Å². The van der Waals surface area contributed by atoms with E-state index in [1.165, 1.54) is 12.1 Å². The molecular weight excluding hydrogens is 317 g/mol. The number of benzene rings is 2. The van der Waals surface area contributed by atoms with Crippen LogP contribution in [0.1, 0.15) is 16.7 Å². The van der Waals surface area contributed by atoms with Crippen molar-refractivity contribution in [3.05, 3.63) is 64.7 Å². The van der Waals surface area contributed by atoms with Gasteiger partial charge in [-0.05, 0) is 29.8 Å². The van der Waals surface area contributed by atoms with Crippen LogP contribution < -0.4 is 5.32 Å². The van der Waals surface area contributed by atoms with Crippen molar-refractivity contribution >= 4 is 23.2 Å². The molecule has 0 fully saturated rings. The van der Waals surface area contributed by atoms with Gasteiger partial charge in [0.05, 0.1) is 16.8 Å². The van der Waals surface area contributed by atoms with Gasteiger partial charge in [-0.2, -0.15) is 13.2 Å². The molecule has 0 saturated carbocycles. The van der Waals surface area contributed by atoms with Crippen molar-refractivity contribution in [2.75, 3.05) is 5.32 Å². The van der Waals surface area contributed by atoms with Crippen molar-refractivity contribution in [2.24, 2.45) is 0 Å². The number of nitrogens with one attached hydrogen (secondary N) is 1. The van der Waals surface area contributed by atoms with Crippen molar-refractivity contribution in [1.29, 1.82) is 0 Å². The maximum atomic E-state index is 13.9. The van der Waals surface area contributed by atoms with Crippen molar-refractivity contribution in [3.63, 3.8) is 0 Å². The molecule has 0 aliphatic carbocycles. The van der Waals surface area contributed by atoms with Gasteiger partial charge in [0.15, 0.2) is 11.6 Å². The fourth-order valence-corrected chi connectivity index (χ4v) is 2.40. The highest BCUT2D eigenvalue weighted by atomic mass is 19.4. The molecule has 2 aromatic rings. The summed E-state index contributed by atoms with van der Waals surface area (Å²) in [5.74, 6) is -3.26. The maximum Gasteiger partial charge on any atom is 0.416 e. The predicted molar refractivity (Wildman–Crippen MR) is 74.3 cm³/mol. The standard InChI is InChI=1S/C16H8F5NO/c17-11-5-6-12-13(14(11)18)9(15(23)22-12)7-8-3-1-2-4-10(8)16(19,20)21/h1-7H,(H,22,23)/b9-7+. The van der Waals surface area contributed by atoms with Crippen LogP contribution in [0.2, 0.25) is 0 Å². The van der Waals surface area contributed by atoms with Crippen LogP contribution in [0.5, 0.6) is 0 Å². The molecule has 0 atom stereocenters. The van der Waals surface area contributed by atoms with E-state index in [4.69, 9.17) is 0 Å². The number of hydrogen-bond donors (Lipinski definition) is 1. The monoisotopic (exact) mass is 325 g/mol. The highest BCUT2D eigenvalue weighted by molar-refractivity contribution is 6.35. The van der Waals surface area contributed by atoms with E-state index in [-0.39, 0.29) is 22.4 Å². The fourth-order valence-electron chi connectivity index (χ4n) is 2.40. The molecule has 1 N–H and O–H groups in total. The Labute approximate surface area is 127 Å². The SMILES string of the molecule is O=C1Nc2ccc(F)c(F)c2/C1=C\c1ccccc1C(F)(F)F. The first-order valence-electron chi connectivity index (χ1n) is 6.46. The Balaban J connectivity index is 2.21. The average molecular weight is 325 g/mol. The lowest BCUT2D eigenvalue weighted by Crippen LogP contribution is -2.08. The Bertz CT molecular complexity index is 839. The zero-order valence-electron chi connectivity index (χ0n) is 11.3. The van der Waals surface area contributed by atoms with Crippen LogP contribution in [0.15, 0.2) is 36.4 Å². The normalized spacial score (nSPS) is 15.7. The summed E-state index contributed by atoms with van der Waals surface area (Å²) in [5.41, 5.74) is -1.97. The molecule has 0 radical (unpaired) electrons. The first-order valence-corrected chi connectivity index (χ1v) is 6.46. The molecule has 1 aliphatic rings. The number of amides is 1. The topological polar surface area (TPSA) is 29.1 Å². The predicted octanol–water partition coefficient (Wildman–Crippen LogP) is 4.48. The van der Waals surface area contributed by atoms with Crippen molar-refractivity contribution in [2.45, 2.75) is 6.18 Å². The molecule has 0 bridgehead atoms. The van der Waals surface area contributed by atoms with Crippen LogP contribution in [-0.2, 0) is 11.0 Å². The number of fused-ring (bicyclic) bond motifs is 1. The first kappa shape index (κ1) is 15.2. The fraction of sp³-hybridized carbons (Fsp3) is 0.0625. The summed E-state index contributed by atoms with van der Waals surface area (Å²) >= 11 is 0. The van der Waals surface area contributed by atoms with E-state index in [2.05, 4.69) is 5.32 Å². The van der Waals surface area contributed by atoms with Gasteiger partial charge in [0.25, 0.3) is 5.91 Å². The Kier molecular flexibility index (Phi) is 3.43. The van der Waals surface area contributed by atoms with Crippen LogP contribution in [0.3, 0.4) is 0 Å². The number of halogens is 5. The van der Waals surface area contributed by atoms with Crippen LogP contribution >= 0.6 is 0 Å². The number of carbonyl (C=O) groups excluding carboxylic acids is 1. The number of carbonyl (C=O) groups is 1. The number of anilines is 1. The zero-order chi connectivity index (χ0) is 16.8. The summed E-state index contributed by atoms with van der Waals surface area (Å²) in [6.07, 6.45) is -3.72. The minimum atomic E-state index is -4.63. The Morgan fingerprint density at radius 2 is 1.70 bits per heavy atom. The first-order chi connectivity index (χ1) is 10.8. The highest BCUT2D eigenvalue weighted by Gasteiger charge is 2.34. The molecular formula is C16H8F5NO. The summed E-state index contributed by atoms with van der Waals surface area (Å²) in [4.78, 5) is 11.9. The van der Waals surface area contributed by atoms with Gasteiger partial charge < -0.3 is 5.32 Å². The number of hydrogen-bond acceptors (Lipinski definition) is 1. The molecule has 3 rings (SSSR count). The summed E-state index contributed by atoms with van der Waals surface area (Å²) in [6.45, 7) is 0. The third kappa shape index (κ3) is 2.58.